The van der Waals surface area contributed by atoms with E-state index in [-0.39, 0.29) is 24.1 Å². The van der Waals surface area contributed by atoms with Crippen LogP contribution in [0, 0.1) is 23.2 Å². The van der Waals surface area contributed by atoms with E-state index < -0.39 is 0 Å². The summed E-state index contributed by atoms with van der Waals surface area (Å²) in [6.45, 7) is 11.5. The smallest absolute Gasteiger partial charge is 0.404 e. The van der Waals surface area contributed by atoms with Crippen molar-refractivity contribution in [2.45, 2.75) is 77.3 Å². The molecule has 0 spiro atoms. The standard InChI is InChI=1S/C16H28BClO2/c1-10(2)8-14(18)17-19-13-9-11-6-7-12(15(11,3)4)16(13,5)20-17/h10-14H,6-9H2,1-5H3/t11?,12?,13-,14-,16+/m1/s1. The first kappa shape index (κ1) is 15.2. The number of hydrogen-bond acceptors (Lipinski definition) is 2. The monoisotopic (exact) mass is 298 g/mol. The van der Waals surface area contributed by atoms with Gasteiger partial charge in [-0.3, -0.25) is 0 Å². The molecule has 3 rings (SSSR count). The van der Waals surface area contributed by atoms with E-state index in [0.717, 1.165) is 18.8 Å². The Balaban J connectivity index is 1.78. The summed E-state index contributed by atoms with van der Waals surface area (Å²) in [5, 5.41) is -0.0286. The molecule has 0 aromatic heterocycles. The topological polar surface area (TPSA) is 18.5 Å². The van der Waals surface area contributed by atoms with E-state index in [1.54, 1.807) is 0 Å². The lowest BCUT2D eigenvalue weighted by Gasteiger charge is -2.50. The van der Waals surface area contributed by atoms with Crippen LogP contribution in [0.4, 0.5) is 0 Å². The van der Waals surface area contributed by atoms with Gasteiger partial charge in [0.05, 0.1) is 17.0 Å². The second kappa shape index (κ2) is 4.89. The maximum absolute atomic E-state index is 6.53. The minimum atomic E-state index is -0.218. The molecular formula is C16H28BClO2. The molecule has 1 heterocycles. The zero-order valence-electron chi connectivity index (χ0n) is 13.5. The highest BCUT2D eigenvalue weighted by Gasteiger charge is 2.65. The Kier molecular flexibility index (Phi) is 3.71. The van der Waals surface area contributed by atoms with Crippen molar-refractivity contribution < 1.29 is 9.31 Å². The van der Waals surface area contributed by atoms with Gasteiger partial charge >= 0.3 is 7.12 Å². The average Bonchev–Trinajstić information content (AvgIpc) is 2.74. The van der Waals surface area contributed by atoms with E-state index >= 15 is 0 Å². The molecule has 2 aliphatic carbocycles. The first-order valence-corrected chi connectivity index (χ1v) is 8.66. The van der Waals surface area contributed by atoms with E-state index in [1.807, 2.05) is 0 Å². The van der Waals surface area contributed by atoms with Gasteiger partial charge in [-0.2, -0.15) is 0 Å². The van der Waals surface area contributed by atoms with Crippen LogP contribution in [0.25, 0.3) is 0 Å². The predicted octanol–water partition coefficient (Wildman–Crippen LogP) is 4.30. The van der Waals surface area contributed by atoms with Gasteiger partial charge < -0.3 is 9.31 Å². The van der Waals surface area contributed by atoms with Crippen molar-refractivity contribution in [1.82, 2.24) is 0 Å². The fraction of sp³-hybridized carbons (Fsp3) is 1.00. The normalized spacial score (nSPS) is 44.0. The van der Waals surface area contributed by atoms with Crippen LogP contribution in [0.5, 0.6) is 0 Å². The second-order valence-corrected chi connectivity index (χ2v) is 8.88. The predicted molar refractivity (Wildman–Crippen MR) is 83.8 cm³/mol. The SMILES string of the molecule is CC(C)C[C@@H](Cl)B1O[C@@H]2CC3CCC(C3(C)C)[C@]2(C)O1. The number of fused-ring (bicyclic) bond motifs is 4. The van der Waals surface area contributed by atoms with Crippen LogP contribution >= 0.6 is 11.6 Å². The highest BCUT2D eigenvalue weighted by atomic mass is 35.5. The number of hydrogen-bond donors (Lipinski definition) is 0. The second-order valence-electron chi connectivity index (χ2n) is 8.32. The Hall–Kier alpha value is 0.275. The minimum Gasteiger partial charge on any atom is -0.404 e. The molecule has 1 saturated heterocycles. The molecule has 3 aliphatic rings. The van der Waals surface area contributed by atoms with Crippen molar-refractivity contribution >= 4 is 18.7 Å². The van der Waals surface area contributed by atoms with Crippen molar-refractivity contribution in [2.24, 2.45) is 23.2 Å². The van der Waals surface area contributed by atoms with Gasteiger partial charge in [-0.25, -0.2) is 0 Å². The first-order chi connectivity index (χ1) is 9.25. The molecule has 3 fully saturated rings. The number of halogens is 1. The summed E-state index contributed by atoms with van der Waals surface area (Å²) in [6.07, 6.45) is 4.94. The van der Waals surface area contributed by atoms with Crippen molar-refractivity contribution in [3.63, 3.8) is 0 Å². The summed E-state index contributed by atoms with van der Waals surface area (Å²) in [5.41, 5.74) is 0.245. The molecule has 2 unspecified atom stereocenters. The van der Waals surface area contributed by atoms with Gasteiger partial charge in [-0.1, -0.05) is 27.7 Å². The third-order valence-electron chi connectivity index (χ3n) is 6.24. The van der Waals surface area contributed by atoms with Gasteiger partial charge in [0.2, 0.25) is 0 Å². The molecule has 2 saturated carbocycles. The van der Waals surface area contributed by atoms with E-state index in [9.17, 15) is 0 Å². The van der Waals surface area contributed by atoms with E-state index in [2.05, 4.69) is 34.6 Å². The van der Waals surface area contributed by atoms with Crippen LogP contribution in [0.2, 0.25) is 0 Å². The van der Waals surface area contributed by atoms with Gasteiger partial charge in [-0.15, -0.1) is 11.6 Å². The van der Waals surface area contributed by atoms with Gasteiger partial charge in [-0.05, 0) is 55.8 Å². The Morgan fingerprint density at radius 2 is 1.95 bits per heavy atom. The lowest BCUT2D eigenvalue weighted by Crippen LogP contribution is -2.54. The molecule has 2 bridgehead atoms. The van der Waals surface area contributed by atoms with Crippen molar-refractivity contribution in [1.29, 1.82) is 0 Å². The Bertz CT molecular complexity index is 387. The summed E-state index contributed by atoms with van der Waals surface area (Å²) in [7, 11) is -0.218. The molecule has 0 aromatic carbocycles. The molecule has 0 radical (unpaired) electrons. The Morgan fingerprint density at radius 3 is 2.60 bits per heavy atom. The number of rotatable bonds is 3. The quantitative estimate of drug-likeness (QED) is 0.571. The van der Waals surface area contributed by atoms with Crippen LogP contribution in [0.1, 0.15) is 60.3 Å². The van der Waals surface area contributed by atoms with E-state index in [4.69, 9.17) is 20.9 Å². The van der Waals surface area contributed by atoms with Crippen LogP contribution in [-0.4, -0.2) is 24.1 Å². The maximum atomic E-state index is 6.53. The molecule has 4 heteroatoms. The lowest BCUT2D eigenvalue weighted by atomic mass is 9.60. The summed E-state index contributed by atoms with van der Waals surface area (Å²) in [6, 6.07) is 0. The van der Waals surface area contributed by atoms with Gasteiger partial charge in [0.1, 0.15) is 0 Å². The van der Waals surface area contributed by atoms with E-state index in [1.165, 1.54) is 12.8 Å². The molecule has 5 atom stereocenters. The summed E-state index contributed by atoms with van der Waals surface area (Å²) >= 11 is 6.53. The van der Waals surface area contributed by atoms with Crippen molar-refractivity contribution in [2.75, 3.05) is 0 Å². The lowest BCUT2D eigenvalue weighted by molar-refractivity contribution is -0.0903. The third-order valence-corrected chi connectivity index (χ3v) is 6.63. The third kappa shape index (κ3) is 2.16. The van der Waals surface area contributed by atoms with Crippen LogP contribution in [0.15, 0.2) is 0 Å². The maximum Gasteiger partial charge on any atom is 0.476 e. The molecule has 0 aromatic rings. The van der Waals surface area contributed by atoms with Crippen LogP contribution < -0.4 is 0 Å². The molecule has 2 nitrogen and oxygen atoms in total. The zero-order chi connectivity index (χ0) is 14.7. The van der Waals surface area contributed by atoms with Gasteiger partial charge in [0, 0.05) is 0 Å². The van der Waals surface area contributed by atoms with Crippen LogP contribution in [0.3, 0.4) is 0 Å². The summed E-state index contributed by atoms with van der Waals surface area (Å²) < 4.78 is 12.7. The molecule has 0 amide bonds. The van der Waals surface area contributed by atoms with Crippen LogP contribution in [-0.2, 0) is 9.31 Å². The zero-order valence-corrected chi connectivity index (χ0v) is 14.2. The molecule has 1 aliphatic heterocycles. The highest BCUT2D eigenvalue weighted by Crippen LogP contribution is 2.62. The largest absolute Gasteiger partial charge is 0.476 e. The summed E-state index contributed by atoms with van der Waals surface area (Å²) in [4.78, 5) is 0. The minimum absolute atomic E-state index is 0.0286. The van der Waals surface area contributed by atoms with Gasteiger partial charge in [0.15, 0.2) is 0 Å². The van der Waals surface area contributed by atoms with Crippen molar-refractivity contribution in [3.8, 4) is 0 Å². The molecular weight excluding hydrogens is 270 g/mol. The molecule has 114 valence electrons. The van der Waals surface area contributed by atoms with Gasteiger partial charge in [0.25, 0.3) is 0 Å². The fourth-order valence-corrected chi connectivity index (χ4v) is 5.54. The number of alkyl halides is 1. The average molecular weight is 299 g/mol. The fourth-order valence-electron chi connectivity index (χ4n) is 5.07. The highest BCUT2D eigenvalue weighted by molar-refractivity contribution is 6.59. The summed E-state index contributed by atoms with van der Waals surface area (Å²) in [5.74, 6) is 1.96. The molecule has 0 N–H and O–H groups in total. The Labute approximate surface area is 129 Å². The van der Waals surface area contributed by atoms with E-state index in [0.29, 0.717) is 17.3 Å². The van der Waals surface area contributed by atoms with Crippen molar-refractivity contribution in [3.05, 3.63) is 0 Å². The Morgan fingerprint density at radius 1 is 1.25 bits per heavy atom. The molecule has 20 heavy (non-hydrogen) atoms. The first-order valence-electron chi connectivity index (χ1n) is 8.22.